The molecule has 2 aromatic carbocycles. The van der Waals surface area contributed by atoms with E-state index in [1.165, 1.54) is 36.8 Å². The van der Waals surface area contributed by atoms with Crippen molar-refractivity contribution in [3.63, 3.8) is 0 Å². The Kier molecular flexibility index (Phi) is 6.57. The summed E-state index contributed by atoms with van der Waals surface area (Å²) in [5.74, 6) is -0.937. The van der Waals surface area contributed by atoms with Crippen LogP contribution in [-0.2, 0) is 17.9 Å². The molecule has 0 aliphatic heterocycles. The van der Waals surface area contributed by atoms with Crippen LogP contribution in [0.3, 0.4) is 0 Å². The van der Waals surface area contributed by atoms with Crippen LogP contribution in [0.25, 0.3) is 12.2 Å². The molecule has 159 valence electrons. The van der Waals surface area contributed by atoms with E-state index >= 15 is 0 Å². The molecule has 2 heteroatoms. The van der Waals surface area contributed by atoms with E-state index in [9.17, 15) is 0 Å². The Morgan fingerprint density at radius 3 is 1.53 bits per heavy atom. The summed E-state index contributed by atoms with van der Waals surface area (Å²) in [4.78, 5) is 0. The molecule has 0 saturated carbocycles. The molecule has 0 saturated heterocycles. The molecule has 0 spiro atoms. The van der Waals surface area contributed by atoms with Crippen molar-refractivity contribution in [3.05, 3.63) is 82.9 Å². The van der Waals surface area contributed by atoms with Gasteiger partial charge in [-0.15, -0.1) is 0 Å². The van der Waals surface area contributed by atoms with Gasteiger partial charge in [-0.1, -0.05) is 0 Å². The van der Waals surface area contributed by atoms with E-state index in [0.29, 0.717) is 0 Å². The zero-order valence-electron chi connectivity index (χ0n) is 19.4. The van der Waals surface area contributed by atoms with Crippen molar-refractivity contribution >= 4 is 18.1 Å². The van der Waals surface area contributed by atoms with E-state index in [2.05, 4.69) is 99.8 Å². The van der Waals surface area contributed by atoms with Gasteiger partial charge in [0.05, 0.1) is 0 Å². The third-order valence-corrected chi connectivity index (χ3v) is 59.5. The second kappa shape index (κ2) is 8.87. The van der Waals surface area contributed by atoms with Crippen LogP contribution in [0.2, 0.25) is 21.4 Å². The van der Waals surface area contributed by atoms with Crippen molar-refractivity contribution in [2.45, 2.75) is 68.1 Å². The Morgan fingerprint density at radius 1 is 0.700 bits per heavy atom. The first kappa shape index (κ1) is 22.2. The molecular formula is C28H39SiZr. The van der Waals surface area contributed by atoms with Gasteiger partial charge in [0.1, 0.15) is 0 Å². The number of hydrogen-bond donors (Lipinski definition) is 0. The maximum atomic E-state index is 2.75. The van der Waals surface area contributed by atoms with Gasteiger partial charge in [0.2, 0.25) is 0 Å². The fraction of sp³-hybridized carbons (Fsp3) is 0.429. The predicted octanol–water partition coefficient (Wildman–Crippen LogP) is 8.63. The van der Waals surface area contributed by atoms with Crippen LogP contribution >= 0.6 is 0 Å². The van der Waals surface area contributed by atoms with E-state index in [0.717, 1.165) is 7.25 Å². The first-order valence-electron chi connectivity index (χ1n) is 12.3. The fourth-order valence-electron chi connectivity index (χ4n) is 7.24. The van der Waals surface area contributed by atoms with Crippen LogP contribution in [0.1, 0.15) is 69.0 Å². The van der Waals surface area contributed by atoms with E-state index < -0.39 is 23.9 Å². The topological polar surface area (TPSA) is 0 Å². The van der Waals surface area contributed by atoms with Gasteiger partial charge in [0, 0.05) is 0 Å². The van der Waals surface area contributed by atoms with Crippen molar-refractivity contribution in [2.75, 3.05) is 0 Å². The molecule has 0 fully saturated rings. The monoisotopic (exact) mass is 493 g/mol. The quantitative estimate of drug-likeness (QED) is 0.306. The Hall–Kier alpha value is -0.980. The molecular weight excluding hydrogens is 456 g/mol. The van der Waals surface area contributed by atoms with Crippen LogP contribution in [0.5, 0.6) is 0 Å². The number of unbranched alkanes of at least 4 members (excludes halogenated alkanes) is 2. The molecule has 0 nitrogen and oxygen atoms in total. The standard InChI is InChI=1S/2C9H7.2C4H9.C2H7Si.Zr/c2*1-2-5-9-7-3-6-8(9)4-1;2*1-3-4-2;1-3-2;/h2*1-7H;2*1,3-4H2,2H3;3H,1-2H3;. The summed E-state index contributed by atoms with van der Waals surface area (Å²) in [5, 5.41) is 0. The molecule has 2 atom stereocenters. The van der Waals surface area contributed by atoms with Gasteiger partial charge in [0.15, 0.2) is 0 Å². The zero-order valence-corrected chi connectivity index (χ0v) is 23.0. The SMILES string of the molecule is CCC[CH2][Zr]([CH2]CCC)([CH]1C=Cc2ccccc21)([CH]1C=Cc2ccccc21)[SiH](C)C. The predicted molar refractivity (Wildman–Crippen MR) is 135 cm³/mol. The summed E-state index contributed by atoms with van der Waals surface area (Å²) < 4.78 is 4.56. The molecule has 2 aliphatic rings. The average Bonchev–Trinajstić information content (AvgIpc) is 3.40. The Labute approximate surface area is 186 Å². The van der Waals surface area contributed by atoms with Gasteiger partial charge in [-0.05, 0) is 0 Å². The van der Waals surface area contributed by atoms with E-state index in [1.807, 2.05) is 0 Å². The minimum absolute atomic E-state index is 0.730. The van der Waals surface area contributed by atoms with E-state index in [-0.39, 0.29) is 0 Å². The molecule has 0 bridgehead atoms. The normalized spacial score (nSPS) is 20.9. The summed E-state index contributed by atoms with van der Waals surface area (Å²) in [7, 11) is 0. The molecule has 0 amide bonds. The molecule has 0 heterocycles. The zero-order chi connectivity index (χ0) is 21.2. The number of rotatable bonds is 9. The number of hydrogen-bond acceptors (Lipinski definition) is 0. The van der Waals surface area contributed by atoms with E-state index in [1.54, 1.807) is 19.4 Å². The Balaban J connectivity index is 2.01. The van der Waals surface area contributed by atoms with Gasteiger partial charge in [-0.3, -0.25) is 0 Å². The van der Waals surface area contributed by atoms with Crippen LogP contribution in [0.4, 0.5) is 0 Å². The molecule has 0 N–H and O–H groups in total. The molecule has 2 aliphatic carbocycles. The summed E-state index contributed by atoms with van der Waals surface area (Å²) in [5.41, 5.74) is 6.35. The first-order valence-corrected chi connectivity index (χ1v) is 25.7. The van der Waals surface area contributed by atoms with Crippen LogP contribution in [-0.4, -0.2) is 5.92 Å². The molecule has 2 unspecified atom stereocenters. The second-order valence-corrected chi connectivity index (χ2v) is 45.1. The summed E-state index contributed by atoms with van der Waals surface area (Å²) in [6.45, 7) is 10.3. The Bertz CT molecular complexity index is 881. The Morgan fingerprint density at radius 2 is 1.13 bits per heavy atom. The molecule has 2 aromatic rings. The number of fused-ring (bicyclic) bond motifs is 2. The van der Waals surface area contributed by atoms with Crippen LogP contribution in [0, 0.1) is 0 Å². The van der Waals surface area contributed by atoms with Crippen LogP contribution in [0.15, 0.2) is 60.7 Å². The van der Waals surface area contributed by atoms with Gasteiger partial charge >= 0.3 is 187 Å². The fourth-order valence-corrected chi connectivity index (χ4v) is 53.5. The average molecular weight is 495 g/mol. The number of allylic oxidation sites excluding steroid dienone is 2. The second-order valence-electron chi connectivity index (χ2n) is 10.3. The molecule has 0 radical (unpaired) electrons. The van der Waals surface area contributed by atoms with Crippen molar-refractivity contribution in [3.8, 4) is 0 Å². The number of benzene rings is 2. The van der Waals surface area contributed by atoms with Crippen LogP contribution < -0.4 is 0 Å². The van der Waals surface area contributed by atoms with Gasteiger partial charge in [0.25, 0.3) is 0 Å². The van der Waals surface area contributed by atoms with Gasteiger partial charge in [-0.2, -0.15) is 0 Å². The van der Waals surface area contributed by atoms with Gasteiger partial charge in [-0.25, -0.2) is 0 Å². The maximum absolute atomic E-state index is 3.40. The third-order valence-electron chi connectivity index (χ3n) is 8.96. The summed E-state index contributed by atoms with van der Waals surface area (Å²) in [6.07, 6.45) is 15.8. The van der Waals surface area contributed by atoms with Crippen molar-refractivity contribution in [1.29, 1.82) is 0 Å². The third kappa shape index (κ3) is 3.25. The molecule has 30 heavy (non-hydrogen) atoms. The summed E-state index contributed by atoms with van der Waals surface area (Å²) >= 11 is -3.40. The van der Waals surface area contributed by atoms with Crippen molar-refractivity contribution in [1.82, 2.24) is 0 Å². The van der Waals surface area contributed by atoms with E-state index in [4.69, 9.17) is 0 Å². The minimum atomic E-state index is -3.40. The van der Waals surface area contributed by atoms with Crippen molar-refractivity contribution < 1.29 is 17.9 Å². The molecule has 4 rings (SSSR count). The van der Waals surface area contributed by atoms with Gasteiger partial charge < -0.3 is 0 Å². The molecule has 0 aromatic heterocycles. The van der Waals surface area contributed by atoms with Crippen molar-refractivity contribution in [2.24, 2.45) is 0 Å². The first-order chi connectivity index (χ1) is 14.6. The summed E-state index contributed by atoms with van der Waals surface area (Å²) in [6, 6.07) is 18.7.